The van der Waals surface area contributed by atoms with Gasteiger partial charge in [0.2, 0.25) is 0 Å². The van der Waals surface area contributed by atoms with Crippen molar-refractivity contribution in [2.75, 3.05) is 0 Å². The molecule has 3 rings (SSSR count). The van der Waals surface area contributed by atoms with Gasteiger partial charge in [0.15, 0.2) is 5.78 Å². The highest BCUT2D eigenvalue weighted by molar-refractivity contribution is 6.06. The number of carbonyl (C=O) groups excluding carboxylic acids is 2. The Hall–Kier alpha value is -3.79. The summed E-state index contributed by atoms with van der Waals surface area (Å²) in [5.74, 6) is -0.321. The van der Waals surface area contributed by atoms with E-state index in [2.05, 4.69) is 30.8 Å². The predicted molar refractivity (Wildman–Crippen MR) is 144 cm³/mol. The van der Waals surface area contributed by atoms with E-state index in [9.17, 15) is 14.0 Å². The molecule has 186 valence electrons. The molecule has 0 fully saturated rings. The fourth-order valence-corrected chi connectivity index (χ4v) is 3.84. The van der Waals surface area contributed by atoms with Gasteiger partial charge in [-0.05, 0) is 78.4 Å². The van der Waals surface area contributed by atoms with Gasteiger partial charge in [0.25, 0.3) is 0 Å². The minimum absolute atomic E-state index is 0.205. The van der Waals surface area contributed by atoms with Gasteiger partial charge in [-0.2, -0.15) is 0 Å². The molecule has 3 aromatic carbocycles. The zero-order valence-corrected chi connectivity index (χ0v) is 20.6. The molecule has 36 heavy (non-hydrogen) atoms. The molecule has 0 aliphatic heterocycles. The van der Waals surface area contributed by atoms with E-state index in [0.29, 0.717) is 17.7 Å². The number of unbranched alkanes of at least 4 members (excludes halogenated alkanes) is 5. The molecule has 4 heteroatoms. The molecule has 0 unspecified atom stereocenters. The van der Waals surface area contributed by atoms with Crippen molar-refractivity contribution in [1.82, 2.24) is 0 Å². The van der Waals surface area contributed by atoms with Crippen molar-refractivity contribution in [3.8, 4) is 5.75 Å². The molecule has 0 atom stereocenters. The van der Waals surface area contributed by atoms with E-state index in [1.54, 1.807) is 30.3 Å². The first-order valence-electron chi connectivity index (χ1n) is 12.5. The maximum absolute atomic E-state index is 13.0. The van der Waals surface area contributed by atoms with E-state index >= 15 is 0 Å². The van der Waals surface area contributed by atoms with E-state index in [1.165, 1.54) is 55.2 Å². The summed E-state index contributed by atoms with van der Waals surface area (Å²) in [4.78, 5) is 24.3. The highest BCUT2D eigenvalue weighted by Crippen LogP contribution is 2.16. The lowest BCUT2D eigenvalue weighted by molar-refractivity contribution is -0.134. The Balaban J connectivity index is 1.27. The molecular weight excluding hydrogens is 451 g/mol. The smallest absolute Gasteiger partial charge is 0.311 e. The van der Waals surface area contributed by atoms with Crippen LogP contribution in [0.1, 0.15) is 72.0 Å². The lowest BCUT2D eigenvalue weighted by atomic mass is 10.0. The van der Waals surface area contributed by atoms with E-state index in [0.717, 1.165) is 36.8 Å². The molecule has 3 nitrogen and oxygen atoms in total. The summed E-state index contributed by atoms with van der Waals surface area (Å²) in [6, 6.07) is 21.0. The summed E-state index contributed by atoms with van der Waals surface area (Å²) >= 11 is 0. The monoisotopic (exact) mass is 484 g/mol. The summed E-state index contributed by atoms with van der Waals surface area (Å²) in [5, 5.41) is 0. The van der Waals surface area contributed by atoms with Crippen LogP contribution in [-0.2, 0) is 11.2 Å². The third-order valence-electron chi connectivity index (χ3n) is 5.98. The molecule has 0 aromatic heterocycles. The van der Waals surface area contributed by atoms with Crippen LogP contribution >= 0.6 is 0 Å². The Labute approximate surface area is 213 Å². The molecule has 0 saturated heterocycles. The summed E-state index contributed by atoms with van der Waals surface area (Å²) in [7, 11) is 0. The summed E-state index contributed by atoms with van der Waals surface area (Å²) in [6.45, 7) is 3.78. The third-order valence-corrected chi connectivity index (χ3v) is 5.98. The van der Waals surface area contributed by atoms with Gasteiger partial charge in [0, 0.05) is 12.0 Å². The molecule has 0 bridgehead atoms. The van der Waals surface area contributed by atoms with Gasteiger partial charge in [-0.15, -0.1) is 0 Å². The predicted octanol–water partition coefficient (Wildman–Crippen LogP) is 8.24. The lowest BCUT2D eigenvalue weighted by Crippen LogP contribution is -2.07. The SMILES string of the molecule is C=Cc1ccc(CCCCCCCCC(=O)Oc2ccc(C=CC(=O)c3ccc(F)cc3)cc2)cc1. The van der Waals surface area contributed by atoms with Crippen LogP contribution in [-0.4, -0.2) is 11.8 Å². The molecule has 0 saturated carbocycles. The minimum atomic E-state index is -0.377. The fraction of sp³-hybridized carbons (Fsp3) is 0.250. The van der Waals surface area contributed by atoms with Crippen LogP contribution in [0.15, 0.2) is 85.5 Å². The van der Waals surface area contributed by atoms with Crippen molar-refractivity contribution < 1.29 is 18.7 Å². The van der Waals surface area contributed by atoms with E-state index < -0.39 is 0 Å². The van der Waals surface area contributed by atoms with Crippen LogP contribution in [0, 0.1) is 5.82 Å². The highest BCUT2D eigenvalue weighted by atomic mass is 19.1. The van der Waals surface area contributed by atoms with Gasteiger partial charge in [0.1, 0.15) is 11.6 Å². The number of ether oxygens (including phenoxy) is 1. The molecule has 0 amide bonds. The third kappa shape index (κ3) is 9.46. The van der Waals surface area contributed by atoms with Crippen molar-refractivity contribution in [1.29, 1.82) is 0 Å². The number of halogens is 1. The molecule has 0 aliphatic rings. The van der Waals surface area contributed by atoms with Gasteiger partial charge < -0.3 is 4.74 Å². The van der Waals surface area contributed by atoms with Crippen molar-refractivity contribution in [2.24, 2.45) is 0 Å². The number of rotatable bonds is 14. The lowest BCUT2D eigenvalue weighted by Gasteiger charge is -2.05. The van der Waals surface area contributed by atoms with Gasteiger partial charge in [0.05, 0.1) is 0 Å². The van der Waals surface area contributed by atoms with Crippen LogP contribution in [0.3, 0.4) is 0 Å². The number of benzene rings is 3. The quantitative estimate of drug-likeness (QED) is 0.0761. The minimum Gasteiger partial charge on any atom is -0.427 e. The van der Waals surface area contributed by atoms with E-state index in [4.69, 9.17) is 4.74 Å². The number of hydrogen-bond acceptors (Lipinski definition) is 3. The first kappa shape index (κ1) is 26.8. The molecule has 0 aliphatic carbocycles. The van der Waals surface area contributed by atoms with Crippen molar-refractivity contribution in [3.63, 3.8) is 0 Å². The Morgan fingerprint density at radius 2 is 1.36 bits per heavy atom. The first-order valence-corrected chi connectivity index (χ1v) is 12.5. The second-order valence-electron chi connectivity index (χ2n) is 8.81. The Morgan fingerprint density at radius 3 is 2.03 bits per heavy atom. The summed E-state index contributed by atoms with van der Waals surface area (Å²) < 4.78 is 18.4. The molecule has 0 radical (unpaired) electrons. The number of ketones is 1. The van der Waals surface area contributed by atoms with Crippen molar-refractivity contribution in [3.05, 3.63) is 114 Å². The Kier molecular flexibility index (Phi) is 10.9. The summed E-state index contributed by atoms with van der Waals surface area (Å²) in [5.41, 5.74) is 3.75. The molecule has 0 spiro atoms. The maximum Gasteiger partial charge on any atom is 0.311 e. The number of allylic oxidation sites excluding steroid dienone is 1. The second-order valence-corrected chi connectivity index (χ2v) is 8.81. The van der Waals surface area contributed by atoms with Gasteiger partial charge in [-0.3, -0.25) is 9.59 Å². The van der Waals surface area contributed by atoms with Gasteiger partial charge >= 0.3 is 5.97 Å². The van der Waals surface area contributed by atoms with Gasteiger partial charge in [-0.25, -0.2) is 4.39 Å². The molecule has 3 aromatic rings. The van der Waals surface area contributed by atoms with E-state index in [1.807, 2.05) is 6.08 Å². The topological polar surface area (TPSA) is 43.4 Å². The van der Waals surface area contributed by atoms with Gasteiger partial charge in [-0.1, -0.05) is 80.8 Å². The average molecular weight is 485 g/mol. The summed E-state index contributed by atoms with van der Waals surface area (Å²) in [6.07, 6.45) is 13.0. The Morgan fingerprint density at radius 1 is 0.750 bits per heavy atom. The van der Waals surface area contributed by atoms with Crippen LogP contribution in [0.2, 0.25) is 0 Å². The van der Waals surface area contributed by atoms with Crippen LogP contribution in [0.25, 0.3) is 12.2 Å². The number of aryl methyl sites for hydroxylation is 1. The number of carbonyl (C=O) groups is 2. The van der Waals surface area contributed by atoms with Crippen molar-refractivity contribution in [2.45, 2.75) is 51.4 Å². The highest BCUT2D eigenvalue weighted by Gasteiger charge is 2.05. The number of esters is 1. The zero-order valence-electron chi connectivity index (χ0n) is 20.6. The van der Waals surface area contributed by atoms with E-state index in [-0.39, 0.29) is 17.6 Å². The second kappa shape index (κ2) is 14.6. The average Bonchev–Trinajstić information content (AvgIpc) is 2.90. The normalized spacial score (nSPS) is 10.9. The maximum atomic E-state index is 13.0. The molecular formula is C32H33FO3. The fourth-order valence-electron chi connectivity index (χ4n) is 3.84. The first-order chi connectivity index (χ1) is 17.5. The zero-order chi connectivity index (χ0) is 25.6. The van der Waals surface area contributed by atoms with Crippen LogP contribution in [0.5, 0.6) is 5.75 Å². The standard InChI is InChI=1S/C32H33FO3/c1-2-25-11-13-26(14-12-25)9-7-5-3-4-6-8-10-32(35)36-30-22-15-27(16-23-30)17-24-31(34)28-18-20-29(33)21-19-28/h2,11-24H,1,3-10H2. The molecule has 0 heterocycles. The largest absolute Gasteiger partial charge is 0.427 e. The van der Waals surface area contributed by atoms with Crippen molar-refractivity contribution >= 4 is 23.9 Å². The Bertz CT molecular complexity index is 1140. The van der Waals surface area contributed by atoms with Crippen LogP contribution in [0.4, 0.5) is 4.39 Å². The molecule has 0 N–H and O–H groups in total. The number of hydrogen-bond donors (Lipinski definition) is 0. The van der Waals surface area contributed by atoms with Crippen LogP contribution < -0.4 is 4.74 Å².